The SMILES string of the molecule is Cc1cc(OC2CCN(C(=O)c3ccc(Cl)c(Cl)c3)CC2)cc(=O)n1C. The molecule has 1 aromatic heterocycles. The van der Waals surface area contributed by atoms with E-state index < -0.39 is 0 Å². The van der Waals surface area contributed by atoms with Gasteiger partial charge in [0.1, 0.15) is 11.9 Å². The molecule has 1 fully saturated rings. The van der Waals surface area contributed by atoms with E-state index in [0.717, 1.165) is 5.69 Å². The first-order chi connectivity index (χ1) is 12.3. The molecule has 1 saturated heterocycles. The first kappa shape index (κ1) is 18.8. The van der Waals surface area contributed by atoms with Crippen LogP contribution in [0.2, 0.25) is 10.0 Å². The lowest BCUT2D eigenvalue weighted by Crippen LogP contribution is -2.41. The van der Waals surface area contributed by atoms with Crippen LogP contribution in [-0.2, 0) is 7.05 Å². The van der Waals surface area contributed by atoms with Crippen molar-refractivity contribution in [1.29, 1.82) is 0 Å². The fraction of sp³-hybridized carbons (Fsp3) is 0.368. The van der Waals surface area contributed by atoms with Crippen molar-refractivity contribution in [1.82, 2.24) is 9.47 Å². The Labute approximate surface area is 162 Å². The number of benzene rings is 1. The molecule has 0 spiro atoms. The average molecular weight is 395 g/mol. The molecular formula is C19H20Cl2N2O3. The Kier molecular flexibility index (Phi) is 5.58. The van der Waals surface area contributed by atoms with Gasteiger partial charge in [-0.05, 0) is 31.2 Å². The molecule has 138 valence electrons. The van der Waals surface area contributed by atoms with E-state index in [4.69, 9.17) is 27.9 Å². The predicted molar refractivity (Wildman–Crippen MR) is 102 cm³/mol. The van der Waals surface area contributed by atoms with Crippen LogP contribution < -0.4 is 10.3 Å². The van der Waals surface area contributed by atoms with Gasteiger partial charge in [0.15, 0.2) is 0 Å². The quantitative estimate of drug-likeness (QED) is 0.797. The third-order valence-corrected chi connectivity index (χ3v) is 5.41. The Balaban J connectivity index is 1.61. The number of hydrogen-bond acceptors (Lipinski definition) is 3. The molecule has 0 atom stereocenters. The van der Waals surface area contributed by atoms with E-state index in [1.54, 1.807) is 34.7 Å². The first-order valence-electron chi connectivity index (χ1n) is 8.44. The molecule has 0 N–H and O–H groups in total. The van der Waals surface area contributed by atoms with E-state index in [-0.39, 0.29) is 17.6 Å². The molecule has 7 heteroatoms. The van der Waals surface area contributed by atoms with Gasteiger partial charge >= 0.3 is 0 Å². The maximum Gasteiger partial charge on any atom is 0.254 e. The second-order valence-electron chi connectivity index (χ2n) is 6.47. The van der Waals surface area contributed by atoms with Crippen molar-refractivity contribution in [2.24, 2.45) is 7.05 Å². The molecule has 5 nitrogen and oxygen atoms in total. The number of likely N-dealkylation sites (tertiary alicyclic amines) is 1. The molecular weight excluding hydrogens is 375 g/mol. The van der Waals surface area contributed by atoms with Gasteiger partial charge in [0.25, 0.3) is 11.5 Å². The Morgan fingerprint density at radius 2 is 1.81 bits per heavy atom. The zero-order valence-corrected chi connectivity index (χ0v) is 16.2. The second-order valence-corrected chi connectivity index (χ2v) is 7.28. The third-order valence-electron chi connectivity index (χ3n) is 4.68. The highest BCUT2D eigenvalue weighted by Gasteiger charge is 2.25. The summed E-state index contributed by atoms with van der Waals surface area (Å²) in [7, 11) is 1.73. The largest absolute Gasteiger partial charge is 0.490 e. The molecule has 2 heterocycles. The van der Waals surface area contributed by atoms with Crippen LogP contribution in [0.3, 0.4) is 0 Å². The fourth-order valence-corrected chi connectivity index (χ4v) is 3.28. The third kappa shape index (κ3) is 4.05. The zero-order chi connectivity index (χ0) is 18.8. The van der Waals surface area contributed by atoms with Gasteiger partial charge in [-0.15, -0.1) is 0 Å². The lowest BCUT2D eigenvalue weighted by atomic mass is 10.1. The van der Waals surface area contributed by atoms with Gasteiger partial charge in [0.05, 0.1) is 10.0 Å². The average Bonchev–Trinajstić information content (AvgIpc) is 2.62. The second kappa shape index (κ2) is 7.72. The van der Waals surface area contributed by atoms with E-state index in [1.807, 2.05) is 13.0 Å². The van der Waals surface area contributed by atoms with Gasteiger partial charge in [-0.1, -0.05) is 23.2 Å². The Bertz CT molecular complexity index is 887. The smallest absolute Gasteiger partial charge is 0.254 e. The van der Waals surface area contributed by atoms with Gasteiger partial charge in [-0.25, -0.2) is 0 Å². The summed E-state index contributed by atoms with van der Waals surface area (Å²) in [6, 6.07) is 8.26. The maximum absolute atomic E-state index is 12.6. The molecule has 1 aromatic carbocycles. The minimum absolute atomic E-state index is 0.0145. The van der Waals surface area contributed by atoms with E-state index >= 15 is 0 Å². The van der Waals surface area contributed by atoms with Crippen LogP contribution in [-0.4, -0.2) is 34.6 Å². The lowest BCUT2D eigenvalue weighted by Gasteiger charge is -2.32. The molecule has 26 heavy (non-hydrogen) atoms. The molecule has 0 aliphatic carbocycles. The summed E-state index contributed by atoms with van der Waals surface area (Å²) in [5.74, 6) is 0.520. The number of halogens is 2. The number of hydrogen-bond donors (Lipinski definition) is 0. The number of carbonyl (C=O) groups excluding carboxylic acids is 1. The molecule has 1 aliphatic rings. The number of ether oxygens (including phenoxy) is 1. The number of pyridine rings is 1. The van der Waals surface area contributed by atoms with Crippen LogP contribution in [0.5, 0.6) is 5.75 Å². The minimum atomic E-state index is -0.0905. The normalized spacial score (nSPS) is 15.2. The van der Waals surface area contributed by atoms with E-state index in [0.29, 0.717) is 47.3 Å². The van der Waals surface area contributed by atoms with Crippen LogP contribution >= 0.6 is 23.2 Å². The topological polar surface area (TPSA) is 51.5 Å². The molecule has 1 amide bonds. The molecule has 2 aromatic rings. The van der Waals surface area contributed by atoms with Crippen LogP contribution in [0.1, 0.15) is 28.9 Å². The number of aromatic nitrogens is 1. The predicted octanol–water partition coefficient (Wildman–Crippen LogP) is 3.68. The number of rotatable bonds is 3. The summed E-state index contributed by atoms with van der Waals surface area (Å²) in [6.45, 7) is 3.05. The first-order valence-corrected chi connectivity index (χ1v) is 9.19. The summed E-state index contributed by atoms with van der Waals surface area (Å²) in [4.78, 5) is 26.2. The fourth-order valence-electron chi connectivity index (χ4n) is 2.99. The monoisotopic (exact) mass is 394 g/mol. The zero-order valence-electron chi connectivity index (χ0n) is 14.7. The van der Waals surface area contributed by atoms with Crippen molar-refractivity contribution in [3.05, 3.63) is 62.0 Å². The standard InChI is InChI=1S/C19H20Cl2N2O3/c1-12-9-15(11-18(24)22(12)2)26-14-5-7-23(8-6-14)19(25)13-3-4-16(20)17(21)10-13/h3-4,9-11,14H,5-8H2,1-2H3. The number of nitrogens with zero attached hydrogens (tertiary/aromatic N) is 2. The summed E-state index contributed by atoms with van der Waals surface area (Å²) in [5.41, 5.74) is 1.29. The summed E-state index contributed by atoms with van der Waals surface area (Å²) >= 11 is 11.9. The summed E-state index contributed by atoms with van der Waals surface area (Å²) in [5, 5.41) is 0.802. The van der Waals surface area contributed by atoms with Crippen molar-refractivity contribution in [2.45, 2.75) is 25.9 Å². The molecule has 3 rings (SSSR count). The van der Waals surface area contributed by atoms with E-state index in [9.17, 15) is 9.59 Å². The number of carbonyl (C=O) groups is 1. The number of amides is 1. The van der Waals surface area contributed by atoms with Crippen LogP contribution in [0.15, 0.2) is 35.1 Å². The Morgan fingerprint density at radius 1 is 1.12 bits per heavy atom. The van der Waals surface area contributed by atoms with Crippen molar-refractivity contribution in [2.75, 3.05) is 13.1 Å². The maximum atomic E-state index is 12.6. The Hall–Kier alpha value is -1.98. The van der Waals surface area contributed by atoms with Crippen molar-refractivity contribution in [3.8, 4) is 5.75 Å². The van der Waals surface area contributed by atoms with Gasteiger partial charge < -0.3 is 14.2 Å². The van der Waals surface area contributed by atoms with Crippen molar-refractivity contribution >= 4 is 29.1 Å². The molecule has 0 saturated carbocycles. The van der Waals surface area contributed by atoms with Crippen molar-refractivity contribution in [3.63, 3.8) is 0 Å². The molecule has 0 unspecified atom stereocenters. The highest BCUT2D eigenvalue weighted by atomic mass is 35.5. The number of piperidine rings is 1. The lowest BCUT2D eigenvalue weighted by molar-refractivity contribution is 0.0595. The molecule has 0 radical (unpaired) electrons. The van der Waals surface area contributed by atoms with Crippen LogP contribution in [0.25, 0.3) is 0 Å². The van der Waals surface area contributed by atoms with Crippen LogP contribution in [0, 0.1) is 6.92 Å². The van der Waals surface area contributed by atoms with E-state index in [1.165, 1.54) is 6.07 Å². The van der Waals surface area contributed by atoms with Crippen molar-refractivity contribution < 1.29 is 9.53 Å². The molecule has 1 aliphatic heterocycles. The van der Waals surface area contributed by atoms with E-state index in [2.05, 4.69) is 0 Å². The van der Waals surface area contributed by atoms with Gasteiger partial charge in [0.2, 0.25) is 0 Å². The summed E-state index contributed by atoms with van der Waals surface area (Å²) in [6.07, 6.45) is 1.40. The highest BCUT2D eigenvalue weighted by molar-refractivity contribution is 6.42. The van der Waals surface area contributed by atoms with Gasteiger partial charge in [-0.3, -0.25) is 9.59 Å². The van der Waals surface area contributed by atoms with Gasteiger partial charge in [-0.2, -0.15) is 0 Å². The molecule has 0 bridgehead atoms. The van der Waals surface area contributed by atoms with Gasteiger partial charge in [0, 0.05) is 50.3 Å². The highest BCUT2D eigenvalue weighted by Crippen LogP contribution is 2.25. The number of aryl methyl sites for hydroxylation is 1. The minimum Gasteiger partial charge on any atom is -0.490 e. The van der Waals surface area contributed by atoms with Crippen LogP contribution in [0.4, 0.5) is 0 Å². The Morgan fingerprint density at radius 3 is 2.42 bits per heavy atom. The summed E-state index contributed by atoms with van der Waals surface area (Å²) < 4.78 is 7.53.